The molecule has 0 unspecified atom stereocenters. The highest BCUT2D eigenvalue weighted by Gasteiger charge is 2.14. The molecule has 0 radical (unpaired) electrons. The molecule has 1 aromatic heterocycles. The average Bonchev–Trinajstić information content (AvgIpc) is 2.41. The van der Waals surface area contributed by atoms with Gasteiger partial charge in [-0.3, -0.25) is 0 Å². The molecular formula is C13H9N3O3. The van der Waals surface area contributed by atoms with Crippen LogP contribution < -0.4 is 10.5 Å². The van der Waals surface area contributed by atoms with E-state index in [0.717, 1.165) is 0 Å². The molecule has 19 heavy (non-hydrogen) atoms. The third-order valence-electron chi connectivity index (χ3n) is 2.40. The van der Waals surface area contributed by atoms with Crippen molar-refractivity contribution in [2.24, 2.45) is 0 Å². The minimum absolute atomic E-state index is 0.0393. The first-order valence-corrected chi connectivity index (χ1v) is 5.28. The molecular weight excluding hydrogens is 246 g/mol. The zero-order valence-electron chi connectivity index (χ0n) is 9.70. The number of hydrogen-bond donors (Lipinski definition) is 2. The minimum atomic E-state index is -1.17. The summed E-state index contributed by atoms with van der Waals surface area (Å²) in [4.78, 5) is 14.8. The normalized spacial score (nSPS) is 9.63. The van der Waals surface area contributed by atoms with E-state index in [1.165, 1.54) is 12.3 Å². The smallest absolute Gasteiger partial charge is 0.338 e. The molecule has 0 atom stereocenters. The molecule has 0 saturated carbocycles. The fraction of sp³-hybridized carbons (Fsp3) is 0. The van der Waals surface area contributed by atoms with E-state index in [4.69, 9.17) is 20.8 Å². The van der Waals surface area contributed by atoms with Gasteiger partial charge in [0.1, 0.15) is 17.5 Å². The van der Waals surface area contributed by atoms with Gasteiger partial charge in [-0.2, -0.15) is 5.26 Å². The van der Waals surface area contributed by atoms with Crippen molar-refractivity contribution in [2.45, 2.75) is 0 Å². The summed E-state index contributed by atoms with van der Waals surface area (Å²) in [6.45, 7) is 0. The number of aromatic carboxylic acids is 1. The molecule has 0 saturated heterocycles. The van der Waals surface area contributed by atoms with Crippen molar-refractivity contribution in [3.8, 4) is 17.7 Å². The Labute approximate surface area is 108 Å². The number of benzene rings is 1. The van der Waals surface area contributed by atoms with E-state index in [2.05, 4.69) is 4.98 Å². The SMILES string of the molecule is N#Cc1ccccc1Oc1nccc(C(=O)O)c1N. The zero-order valence-corrected chi connectivity index (χ0v) is 9.70. The van der Waals surface area contributed by atoms with Crippen molar-refractivity contribution in [1.82, 2.24) is 4.98 Å². The molecule has 0 amide bonds. The molecule has 0 aliphatic heterocycles. The number of rotatable bonds is 3. The van der Waals surface area contributed by atoms with Gasteiger partial charge < -0.3 is 15.6 Å². The molecule has 0 bridgehead atoms. The molecule has 94 valence electrons. The highest BCUT2D eigenvalue weighted by Crippen LogP contribution is 2.29. The van der Waals surface area contributed by atoms with Crippen LogP contribution in [0.25, 0.3) is 0 Å². The van der Waals surface area contributed by atoms with E-state index in [-0.39, 0.29) is 22.9 Å². The van der Waals surface area contributed by atoms with Crippen LogP contribution in [-0.2, 0) is 0 Å². The number of aromatic nitrogens is 1. The largest absolute Gasteiger partial charge is 0.478 e. The van der Waals surface area contributed by atoms with Gasteiger partial charge in [0.25, 0.3) is 0 Å². The number of nitrogens with zero attached hydrogens (tertiary/aromatic N) is 2. The van der Waals surface area contributed by atoms with Gasteiger partial charge in [0, 0.05) is 6.20 Å². The zero-order chi connectivity index (χ0) is 13.8. The van der Waals surface area contributed by atoms with Crippen LogP contribution in [0.15, 0.2) is 36.5 Å². The van der Waals surface area contributed by atoms with Gasteiger partial charge in [0.2, 0.25) is 5.88 Å². The monoisotopic (exact) mass is 255 g/mol. The number of ether oxygens (including phenoxy) is 1. The molecule has 0 fully saturated rings. The Morgan fingerprint density at radius 3 is 2.79 bits per heavy atom. The first-order chi connectivity index (χ1) is 9.13. The first-order valence-electron chi connectivity index (χ1n) is 5.28. The Bertz CT molecular complexity index is 677. The molecule has 2 rings (SSSR count). The lowest BCUT2D eigenvalue weighted by Gasteiger charge is -2.09. The van der Waals surface area contributed by atoms with Crippen LogP contribution in [0.2, 0.25) is 0 Å². The number of nitrogens with two attached hydrogens (primary N) is 1. The second-order valence-electron chi connectivity index (χ2n) is 3.59. The van der Waals surface area contributed by atoms with Gasteiger partial charge in [-0.25, -0.2) is 9.78 Å². The van der Waals surface area contributed by atoms with Crippen LogP contribution >= 0.6 is 0 Å². The first kappa shape index (κ1) is 12.4. The Hall–Kier alpha value is -3.07. The van der Waals surface area contributed by atoms with E-state index in [1.807, 2.05) is 6.07 Å². The van der Waals surface area contributed by atoms with Crippen molar-refractivity contribution in [1.29, 1.82) is 5.26 Å². The molecule has 6 heteroatoms. The number of anilines is 1. The number of pyridine rings is 1. The van der Waals surface area contributed by atoms with Crippen LogP contribution in [0.4, 0.5) is 5.69 Å². The number of nitrogen functional groups attached to an aromatic ring is 1. The fourth-order valence-corrected chi connectivity index (χ4v) is 1.47. The summed E-state index contributed by atoms with van der Waals surface area (Å²) in [6.07, 6.45) is 1.28. The quantitative estimate of drug-likeness (QED) is 0.868. The van der Waals surface area contributed by atoms with Crippen LogP contribution in [0, 0.1) is 11.3 Å². The summed E-state index contributed by atoms with van der Waals surface area (Å²) in [5.74, 6) is -0.937. The molecule has 6 nitrogen and oxygen atoms in total. The van der Waals surface area contributed by atoms with Gasteiger partial charge in [0.15, 0.2) is 0 Å². The van der Waals surface area contributed by atoms with Crippen LogP contribution in [0.3, 0.4) is 0 Å². The Kier molecular flexibility index (Phi) is 3.30. The highest BCUT2D eigenvalue weighted by molar-refractivity contribution is 5.94. The summed E-state index contributed by atoms with van der Waals surface area (Å²) >= 11 is 0. The van der Waals surface area contributed by atoms with Gasteiger partial charge in [-0.1, -0.05) is 12.1 Å². The standard InChI is InChI=1S/C13H9N3O3/c14-7-8-3-1-2-4-10(8)19-12-11(15)9(13(17)18)5-6-16-12/h1-6H,15H2,(H,17,18). The molecule has 1 aromatic carbocycles. The number of carbonyl (C=O) groups is 1. The summed E-state index contributed by atoms with van der Waals surface area (Å²) in [5.41, 5.74) is 5.80. The van der Waals surface area contributed by atoms with Crippen molar-refractivity contribution in [2.75, 3.05) is 5.73 Å². The maximum absolute atomic E-state index is 10.9. The van der Waals surface area contributed by atoms with E-state index in [9.17, 15) is 4.79 Å². The number of para-hydroxylation sites is 1. The van der Waals surface area contributed by atoms with Crippen LogP contribution in [0.5, 0.6) is 11.6 Å². The van der Waals surface area contributed by atoms with Crippen molar-refractivity contribution < 1.29 is 14.6 Å². The summed E-state index contributed by atoms with van der Waals surface area (Å²) in [6, 6.07) is 9.77. The lowest BCUT2D eigenvalue weighted by Crippen LogP contribution is -2.05. The van der Waals surface area contributed by atoms with Crippen LogP contribution in [-0.4, -0.2) is 16.1 Å². The topological polar surface area (TPSA) is 109 Å². The minimum Gasteiger partial charge on any atom is -0.478 e. The predicted octanol–water partition coefficient (Wildman–Crippen LogP) is 2.03. The molecule has 0 aliphatic rings. The molecule has 0 spiro atoms. The number of hydrogen-bond acceptors (Lipinski definition) is 5. The van der Waals surface area contributed by atoms with Gasteiger partial charge >= 0.3 is 5.97 Å². The van der Waals surface area contributed by atoms with E-state index in [0.29, 0.717) is 5.56 Å². The summed E-state index contributed by atoms with van der Waals surface area (Å²) in [7, 11) is 0. The number of nitriles is 1. The lowest BCUT2D eigenvalue weighted by molar-refractivity contribution is 0.0697. The van der Waals surface area contributed by atoms with Gasteiger partial charge in [-0.15, -0.1) is 0 Å². The molecule has 1 heterocycles. The molecule has 2 aromatic rings. The van der Waals surface area contributed by atoms with Crippen LogP contribution in [0.1, 0.15) is 15.9 Å². The fourth-order valence-electron chi connectivity index (χ4n) is 1.47. The number of carboxylic acids is 1. The Morgan fingerprint density at radius 2 is 2.11 bits per heavy atom. The highest BCUT2D eigenvalue weighted by atomic mass is 16.5. The summed E-state index contributed by atoms with van der Waals surface area (Å²) < 4.78 is 5.40. The van der Waals surface area contributed by atoms with E-state index in [1.54, 1.807) is 24.3 Å². The van der Waals surface area contributed by atoms with Crippen molar-refractivity contribution >= 4 is 11.7 Å². The second-order valence-corrected chi connectivity index (χ2v) is 3.59. The number of carboxylic acid groups (broad SMARTS) is 1. The van der Waals surface area contributed by atoms with E-state index >= 15 is 0 Å². The molecule has 0 aliphatic carbocycles. The predicted molar refractivity (Wildman–Crippen MR) is 66.8 cm³/mol. The third kappa shape index (κ3) is 2.45. The maximum atomic E-state index is 10.9. The Morgan fingerprint density at radius 1 is 1.37 bits per heavy atom. The Balaban J connectivity index is 2.42. The van der Waals surface area contributed by atoms with Crippen molar-refractivity contribution in [3.05, 3.63) is 47.7 Å². The van der Waals surface area contributed by atoms with Gasteiger partial charge in [0.05, 0.1) is 11.1 Å². The lowest BCUT2D eigenvalue weighted by atomic mass is 10.2. The average molecular weight is 255 g/mol. The maximum Gasteiger partial charge on any atom is 0.338 e. The third-order valence-corrected chi connectivity index (χ3v) is 2.40. The van der Waals surface area contributed by atoms with E-state index < -0.39 is 5.97 Å². The molecule has 3 N–H and O–H groups in total. The summed E-state index contributed by atoms with van der Waals surface area (Å²) in [5, 5.41) is 17.9. The van der Waals surface area contributed by atoms with Crippen molar-refractivity contribution in [3.63, 3.8) is 0 Å². The second kappa shape index (κ2) is 5.06. The van der Waals surface area contributed by atoms with Gasteiger partial charge in [-0.05, 0) is 18.2 Å².